The SMILES string of the molecule is COc1cc(Cl)c(C)cc1NC(=O)CSc1cccc(NC(=O)c2c(Cl)c(Cl)c(Cl)c(Cl)c2C(=O)O)c1. The average molecular weight is 623 g/mol. The number of rotatable bonds is 8. The number of carboxylic acids is 1. The Hall–Kier alpha value is -2.33. The maximum absolute atomic E-state index is 13.0. The van der Waals surface area contributed by atoms with E-state index in [1.165, 1.54) is 18.9 Å². The third kappa shape index (κ3) is 6.76. The van der Waals surface area contributed by atoms with Gasteiger partial charge in [0.05, 0.1) is 49.8 Å². The average Bonchev–Trinajstić information content (AvgIpc) is 2.85. The molecule has 3 aromatic carbocycles. The van der Waals surface area contributed by atoms with Crippen LogP contribution in [0.15, 0.2) is 41.3 Å². The molecule has 194 valence electrons. The number of methoxy groups -OCH3 is 1. The summed E-state index contributed by atoms with van der Waals surface area (Å²) in [6.45, 7) is 1.81. The molecular formula is C24H17Cl5N2O5S. The second-order valence-electron chi connectivity index (χ2n) is 7.43. The zero-order chi connectivity index (χ0) is 27.4. The Labute approximate surface area is 241 Å². The molecule has 0 radical (unpaired) electrons. The molecule has 13 heteroatoms. The van der Waals surface area contributed by atoms with Crippen LogP contribution in [0.2, 0.25) is 25.1 Å². The van der Waals surface area contributed by atoms with Gasteiger partial charge in [-0.15, -0.1) is 11.8 Å². The van der Waals surface area contributed by atoms with E-state index in [2.05, 4.69) is 10.6 Å². The lowest BCUT2D eigenvalue weighted by Gasteiger charge is -2.14. The molecule has 0 aromatic heterocycles. The van der Waals surface area contributed by atoms with Crippen LogP contribution in [0.1, 0.15) is 26.3 Å². The van der Waals surface area contributed by atoms with E-state index in [1.54, 1.807) is 36.4 Å². The molecule has 3 rings (SSSR count). The summed E-state index contributed by atoms with van der Waals surface area (Å²) in [5.74, 6) is -2.16. The largest absolute Gasteiger partial charge is 0.495 e. The highest BCUT2D eigenvalue weighted by molar-refractivity contribution is 8.00. The van der Waals surface area contributed by atoms with Crippen LogP contribution in [0.5, 0.6) is 5.75 Å². The Kier molecular flexibility index (Phi) is 9.86. The van der Waals surface area contributed by atoms with Crippen LogP contribution in [0.4, 0.5) is 11.4 Å². The van der Waals surface area contributed by atoms with Crippen LogP contribution in [-0.4, -0.2) is 35.8 Å². The first kappa shape index (κ1) is 29.2. The van der Waals surface area contributed by atoms with Gasteiger partial charge in [0.2, 0.25) is 5.91 Å². The quantitative estimate of drug-likeness (QED) is 0.134. The molecule has 7 nitrogen and oxygen atoms in total. The van der Waals surface area contributed by atoms with Gasteiger partial charge in [0.1, 0.15) is 5.75 Å². The van der Waals surface area contributed by atoms with Gasteiger partial charge in [0.25, 0.3) is 5.91 Å². The molecule has 0 aliphatic carbocycles. The number of ether oxygens (including phenoxy) is 1. The lowest BCUT2D eigenvalue weighted by atomic mass is 10.1. The molecule has 3 aromatic rings. The van der Waals surface area contributed by atoms with E-state index in [4.69, 9.17) is 62.7 Å². The lowest BCUT2D eigenvalue weighted by molar-refractivity contribution is -0.113. The van der Waals surface area contributed by atoms with Gasteiger partial charge < -0.3 is 20.5 Å². The molecule has 3 N–H and O–H groups in total. The summed E-state index contributed by atoms with van der Waals surface area (Å²) in [4.78, 5) is 37.9. The number of hydrogen-bond donors (Lipinski definition) is 3. The van der Waals surface area contributed by atoms with Gasteiger partial charge in [-0.2, -0.15) is 0 Å². The van der Waals surface area contributed by atoms with Crippen molar-refractivity contribution in [2.45, 2.75) is 11.8 Å². The van der Waals surface area contributed by atoms with E-state index in [9.17, 15) is 19.5 Å². The summed E-state index contributed by atoms with van der Waals surface area (Å²) in [5, 5.41) is 14.2. The Balaban J connectivity index is 1.74. The van der Waals surface area contributed by atoms with Gasteiger partial charge >= 0.3 is 5.97 Å². The fourth-order valence-corrected chi connectivity index (χ4v) is 5.10. The van der Waals surface area contributed by atoms with E-state index in [0.29, 0.717) is 27.0 Å². The molecule has 37 heavy (non-hydrogen) atoms. The van der Waals surface area contributed by atoms with Gasteiger partial charge in [-0.3, -0.25) is 9.59 Å². The van der Waals surface area contributed by atoms with Crippen molar-refractivity contribution < 1.29 is 24.2 Å². The fraction of sp³-hybridized carbons (Fsp3) is 0.125. The van der Waals surface area contributed by atoms with Crippen molar-refractivity contribution in [1.82, 2.24) is 0 Å². The Morgan fingerprint density at radius 1 is 0.919 bits per heavy atom. The van der Waals surface area contributed by atoms with Crippen molar-refractivity contribution in [3.63, 3.8) is 0 Å². The van der Waals surface area contributed by atoms with E-state index in [-0.39, 0.29) is 26.7 Å². The number of carbonyl (C=O) groups excluding carboxylic acids is 2. The van der Waals surface area contributed by atoms with E-state index in [0.717, 1.165) is 5.56 Å². The minimum atomic E-state index is -1.50. The Bertz CT molecular complexity index is 1420. The maximum atomic E-state index is 13.0. The fourth-order valence-electron chi connectivity index (χ4n) is 3.17. The zero-order valence-corrected chi connectivity index (χ0v) is 23.6. The van der Waals surface area contributed by atoms with Gasteiger partial charge in [-0.05, 0) is 36.8 Å². The number of benzene rings is 3. The monoisotopic (exact) mass is 620 g/mol. The molecule has 0 spiro atoms. The molecule has 0 atom stereocenters. The summed E-state index contributed by atoms with van der Waals surface area (Å²) in [6, 6.07) is 9.92. The first-order chi connectivity index (χ1) is 17.4. The molecule has 0 saturated carbocycles. The zero-order valence-electron chi connectivity index (χ0n) is 19.0. The molecule has 0 fully saturated rings. The Morgan fingerprint density at radius 3 is 2.19 bits per heavy atom. The Morgan fingerprint density at radius 2 is 1.57 bits per heavy atom. The number of aryl methyl sites for hydroxylation is 1. The van der Waals surface area contributed by atoms with Crippen molar-refractivity contribution >= 4 is 98.9 Å². The standard InChI is InChI=1S/C24H17Cl5N2O5S/c1-10-6-14(15(36-2)8-13(10)25)31-16(32)9-37-12-5-3-4-11(7-12)30-23(33)17-18(24(34)35)20(27)22(29)21(28)19(17)26/h3-8H,9H2,1-2H3,(H,30,33)(H,31,32)(H,34,35). The molecular weight excluding hydrogens is 606 g/mol. The van der Waals surface area contributed by atoms with Gasteiger partial charge in [0, 0.05) is 21.7 Å². The lowest BCUT2D eigenvalue weighted by Crippen LogP contribution is -2.18. The highest BCUT2D eigenvalue weighted by Crippen LogP contribution is 2.42. The summed E-state index contributed by atoms with van der Waals surface area (Å²) in [6.07, 6.45) is 0. The summed E-state index contributed by atoms with van der Waals surface area (Å²) < 4.78 is 5.27. The topological polar surface area (TPSA) is 105 Å². The number of anilines is 2. The smallest absolute Gasteiger partial charge is 0.338 e. The van der Waals surface area contributed by atoms with E-state index < -0.39 is 28.0 Å². The number of nitrogens with one attached hydrogen (secondary N) is 2. The first-order valence-electron chi connectivity index (χ1n) is 10.2. The van der Waals surface area contributed by atoms with Crippen LogP contribution in [-0.2, 0) is 4.79 Å². The molecule has 0 bridgehead atoms. The van der Waals surface area contributed by atoms with Crippen LogP contribution in [0.25, 0.3) is 0 Å². The van der Waals surface area contributed by atoms with Gasteiger partial charge in [0.15, 0.2) is 0 Å². The number of thioether (sulfide) groups is 1. The van der Waals surface area contributed by atoms with E-state index in [1.807, 2.05) is 6.92 Å². The predicted octanol–water partition coefficient (Wildman–Crippen LogP) is 7.95. The second kappa shape index (κ2) is 12.5. The maximum Gasteiger partial charge on any atom is 0.338 e. The van der Waals surface area contributed by atoms with Crippen molar-refractivity contribution in [1.29, 1.82) is 0 Å². The number of carboxylic acid groups (broad SMARTS) is 1. The first-order valence-corrected chi connectivity index (χ1v) is 13.1. The minimum absolute atomic E-state index is 0.0552. The summed E-state index contributed by atoms with van der Waals surface area (Å²) in [5.41, 5.74) is 0.581. The normalized spacial score (nSPS) is 10.7. The predicted molar refractivity (Wildman–Crippen MR) is 150 cm³/mol. The highest BCUT2D eigenvalue weighted by atomic mass is 35.5. The van der Waals surface area contributed by atoms with Crippen molar-refractivity contribution in [2.75, 3.05) is 23.5 Å². The second-order valence-corrected chi connectivity index (χ2v) is 10.4. The summed E-state index contributed by atoms with van der Waals surface area (Å²) in [7, 11) is 1.48. The number of halogens is 5. The van der Waals surface area contributed by atoms with Crippen LogP contribution in [0.3, 0.4) is 0 Å². The number of hydrogen-bond acceptors (Lipinski definition) is 5. The molecule has 0 aliphatic rings. The van der Waals surface area contributed by atoms with Gasteiger partial charge in [-0.25, -0.2) is 4.79 Å². The van der Waals surface area contributed by atoms with Crippen molar-refractivity contribution in [3.05, 3.63) is 78.2 Å². The molecule has 0 aliphatic heterocycles. The molecule has 0 saturated heterocycles. The molecule has 2 amide bonds. The molecule has 0 unspecified atom stereocenters. The third-order valence-corrected chi connectivity index (χ3v) is 8.13. The van der Waals surface area contributed by atoms with E-state index >= 15 is 0 Å². The van der Waals surface area contributed by atoms with Gasteiger partial charge in [-0.1, -0.05) is 64.1 Å². The molecule has 0 heterocycles. The summed E-state index contributed by atoms with van der Waals surface area (Å²) >= 11 is 31.4. The van der Waals surface area contributed by atoms with Crippen molar-refractivity contribution in [2.24, 2.45) is 0 Å². The van der Waals surface area contributed by atoms with Crippen LogP contribution >= 0.6 is 69.8 Å². The number of amides is 2. The third-order valence-electron chi connectivity index (χ3n) is 4.92. The number of carbonyl (C=O) groups is 3. The van der Waals surface area contributed by atoms with Crippen LogP contribution < -0.4 is 15.4 Å². The van der Waals surface area contributed by atoms with Crippen molar-refractivity contribution in [3.8, 4) is 5.75 Å². The van der Waals surface area contributed by atoms with Crippen LogP contribution in [0, 0.1) is 6.92 Å². The highest BCUT2D eigenvalue weighted by Gasteiger charge is 2.29. The number of aromatic carboxylic acids is 1. The minimum Gasteiger partial charge on any atom is -0.495 e.